The number of hydrogen-bond donors (Lipinski definition) is 1. The highest BCUT2D eigenvalue weighted by Gasteiger charge is 2.30. The number of carbonyl (C=O) groups excluding carboxylic acids is 1. The van der Waals surface area contributed by atoms with E-state index in [-0.39, 0.29) is 12.0 Å². The summed E-state index contributed by atoms with van der Waals surface area (Å²) in [4.78, 5) is 20.8. The predicted molar refractivity (Wildman–Crippen MR) is 115 cm³/mol. The molecular formula is C23H26FN5O3. The van der Waals surface area contributed by atoms with Crippen molar-refractivity contribution in [2.24, 2.45) is 0 Å². The molecule has 32 heavy (non-hydrogen) atoms. The molecule has 4 rings (SSSR count). The molecule has 0 bridgehead atoms. The van der Waals surface area contributed by atoms with E-state index in [0.717, 1.165) is 12.8 Å². The first-order chi connectivity index (χ1) is 15.4. The molecule has 0 spiro atoms. The van der Waals surface area contributed by atoms with Gasteiger partial charge in [0.1, 0.15) is 12.8 Å². The zero-order valence-corrected chi connectivity index (χ0v) is 18.1. The second-order valence-corrected chi connectivity index (χ2v) is 8.35. The van der Waals surface area contributed by atoms with Crippen molar-refractivity contribution in [1.29, 1.82) is 0 Å². The van der Waals surface area contributed by atoms with Gasteiger partial charge in [0.25, 0.3) is 5.91 Å². The minimum Gasteiger partial charge on any atom is -0.472 e. The topological polar surface area (TPSA) is 93.4 Å². The van der Waals surface area contributed by atoms with Gasteiger partial charge in [0.2, 0.25) is 5.88 Å². The van der Waals surface area contributed by atoms with Crippen LogP contribution in [0.25, 0.3) is 5.69 Å². The van der Waals surface area contributed by atoms with Crippen LogP contribution in [0.5, 0.6) is 5.88 Å². The Morgan fingerprint density at radius 3 is 2.75 bits per heavy atom. The van der Waals surface area contributed by atoms with Gasteiger partial charge in [-0.25, -0.2) is 9.37 Å². The zero-order valence-electron chi connectivity index (χ0n) is 18.1. The number of aliphatic hydroxyl groups is 1. The Hall–Kier alpha value is -3.33. The molecule has 1 unspecified atom stereocenters. The number of aromatic nitrogens is 4. The highest BCUT2D eigenvalue weighted by molar-refractivity contribution is 5.98. The number of carbonyl (C=O) groups is 1. The van der Waals surface area contributed by atoms with E-state index >= 15 is 0 Å². The monoisotopic (exact) mass is 439 g/mol. The second kappa shape index (κ2) is 9.04. The molecule has 9 heteroatoms. The van der Waals surface area contributed by atoms with Gasteiger partial charge in [0.05, 0.1) is 35.8 Å². The molecule has 168 valence electrons. The number of likely N-dealkylation sites (tertiary alicyclic amines) is 1. The van der Waals surface area contributed by atoms with Crippen LogP contribution in [-0.2, 0) is 12.3 Å². The van der Waals surface area contributed by atoms with E-state index in [0.29, 0.717) is 41.3 Å². The van der Waals surface area contributed by atoms with Gasteiger partial charge in [0.15, 0.2) is 0 Å². The first-order valence-electron chi connectivity index (χ1n) is 10.6. The number of hydrogen-bond acceptors (Lipinski definition) is 6. The van der Waals surface area contributed by atoms with E-state index in [1.165, 1.54) is 17.2 Å². The van der Waals surface area contributed by atoms with E-state index in [1.54, 1.807) is 55.3 Å². The molecular weight excluding hydrogens is 413 g/mol. The molecule has 1 fully saturated rings. The van der Waals surface area contributed by atoms with Crippen LogP contribution in [0.2, 0.25) is 0 Å². The SMILES string of the molecule is CC(C)(O)c1cccnc1OC1CCCN(C(=O)c2cc(CF)ccc2-n2nccn2)C1. The van der Waals surface area contributed by atoms with Crippen LogP contribution in [0, 0.1) is 0 Å². The molecule has 1 aromatic carbocycles. The van der Waals surface area contributed by atoms with Crippen LogP contribution in [-0.4, -0.2) is 55.1 Å². The highest BCUT2D eigenvalue weighted by atomic mass is 19.1. The lowest BCUT2D eigenvalue weighted by atomic mass is 9.99. The van der Waals surface area contributed by atoms with E-state index in [9.17, 15) is 14.3 Å². The molecule has 1 aliphatic heterocycles. The van der Waals surface area contributed by atoms with Crippen molar-refractivity contribution in [2.45, 2.75) is 45.1 Å². The maximum atomic E-state index is 13.4. The first-order valence-corrected chi connectivity index (χ1v) is 10.6. The van der Waals surface area contributed by atoms with E-state index < -0.39 is 12.3 Å². The van der Waals surface area contributed by atoms with Crippen LogP contribution in [0.15, 0.2) is 48.9 Å². The summed E-state index contributed by atoms with van der Waals surface area (Å²) in [5.41, 5.74) is 0.733. The molecule has 0 radical (unpaired) electrons. The first kappa shape index (κ1) is 21.9. The fourth-order valence-corrected chi connectivity index (χ4v) is 3.85. The van der Waals surface area contributed by atoms with Gasteiger partial charge in [-0.1, -0.05) is 6.07 Å². The summed E-state index contributed by atoms with van der Waals surface area (Å²) in [6, 6.07) is 8.36. The van der Waals surface area contributed by atoms with Crippen molar-refractivity contribution in [3.8, 4) is 11.6 Å². The Balaban J connectivity index is 1.57. The summed E-state index contributed by atoms with van der Waals surface area (Å²) < 4.78 is 19.4. The summed E-state index contributed by atoms with van der Waals surface area (Å²) in [5.74, 6) is 0.129. The number of ether oxygens (including phenoxy) is 1. The van der Waals surface area contributed by atoms with Gasteiger partial charge in [-0.2, -0.15) is 15.0 Å². The van der Waals surface area contributed by atoms with Crippen molar-refractivity contribution in [3.63, 3.8) is 0 Å². The van der Waals surface area contributed by atoms with Crippen LogP contribution >= 0.6 is 0 Å². The van der Waals surface area contributed by atoms with Crippen molar-refractivity contribution >= 4 is 5.91 Å². The lowest BCUT2D eigenvalue weighted by molar-refractivity contribution is 0.0463. The highest BCUT2D eigenvalue weighted by Crippen LogP contribution is 2.29. The third-order valence-corrected chi connectivity index (χ3v) is 5.45. The second-order valence-electron chi connectivity index (χ2n) is 8.35. The molecule has 1 saturated heterocycles. The Bertz CT molecular complexity index is 1080. The smallest absolute Gasteiger partial charge is 0.256 e. The quantitative estimate of drug-likeness (QED) is 0.635. The van der Waals surface area contributed by atoms with Crippen LogP contribution in [0.4, 0.5) is 4.39 Å². The molecule has 2 aromatic heterocycles. The minimum absolute atomic E-state index is 0.232. The van der Waals surface area contributed by atoms with Gasteiger partial charge in [-0.3, -0.25) is 4.79 Å². The van der Waals surface area contributed by atoms with Gasteiger partial charge in [-0.05, 0) is 56.5 Å². The number of pyridine rings is 1. The fraction of sp³-hybridized carbons (Fsp3) is 0.391. The van der Waals surface area contributed by atoms with Crippen molar-refractivity contribution in [2.75, 3.05) is 13.1 Å². The molecule has 0 saturated carbocycles. The number of piperidine rings is 1. The number of benzene rings is 1. The third-order valence-electron chi connectivity index (χ3n) is 5.45. The molecule has 0 aliphatic carbocycles. The normalized spacial score (nSPS) is 16.8. The zero-order chi connectivity index (χ0) is 22.7. The average molecular weight is 439 g/mol. The van der Waals surface area contributed by atoms with E-state index in [4.69, 9.17) is 4.74 Å². The Morgan fingerprint density at radius 1 is 1.25 bits per heavy atom. The Morgan fingerprint density at radius 2 is 2.03 bits per heavy atom. The average Bonchev–Trinajstić information content (AvgIpc) is 3.33. The molecule has 1 aliphatic rings. The number of alkyl halides is 1. The largest absolute Gasteiger partial charge is 0.472 e. The van der Waals surface area contributed by atoms with E-state index in [2.05, 4.69) is 15.2 Å². The number of nitrogens with zero attached hydrogens (tertiary/aromatic N) is 5. The fourth-order valence-electron chi connectivity index (χ4n) is 3.85. The minimum atomic E-state index is -1.10. The summed E-state index contributed by atoms with van der Waals surface area (Å²) in [7, 11) is 0. The van der Waals surface area contributed by atoms with Gasteiger partial charge >= 0.3 is 0 Å². The Labute approximate surface area is 185 Å². The lowest BCUT2D eigenvalue weighted by Gasteiger charge is -2.34. The molecule has 8 nitrogen and oxygen atoms in total. The molecule has 1 N–H and O–H groups in total. The molecule has 3 aromatic rings. The number of halogens is 1. The molecule has 3 heterocycles. The van der Waals surface area contributed by atoms with Gasteiger partial charge < -0.3 is 14.7 Å². The number of amides is 1. The summed E-state index contributed by atoms with van der Waals surface area (Å²) in [6.07, 6.45) is 5.88. The van der Waals surface area contributed by atoms with Crippen molar-refractivity contribution in [1.82, 2.24) is 24.9 Å². The standard InChI is InChI=1S/C23H26FN5O3/c1-23(2,31)19-6-3-9-25-21(19)32-17-5-4-12-28(15-17)22(30)18-13-16(14-24)7-8-20(18)29-26-10-11-27-29/h3,6-11,13,17,31H,4-5,12,14-15H2,1-2H3. The number of rotatable bonds is 6. The van der Waals surface area contributed by atoms with Crippen LogP contribution in [0.1, 0.15) is 48.2 Å². The van der Waals surface area contributed by atoms with Crippen LogP contribution in [0.3, 0.4) is 0 Å². The molecule has 1 atom stereocenters. The maximum Gasteiger partial charge on any atom is 0.256 e. The third kappa shape index (κ3) is 4.62. The van der Waals surface area contributed by atoms with Gasteiger partial charge in [-0.15, -0.1) is 0 Å². The summed E-state index contributed by atoms with van der Waals surface area (Å²) in [6.45, 7) is 3.60. The van der Waals surface area contributed by atoms with E-state index in [1.807, 2.05) is 0 Å². The summed E-state index contributed by atoms with van der Waals surface area (Å²) in [5, 5.41) is 18.7. The predicted octanol–water partition coefficient (Wildman–Crippen LogP) is 3.04. The summed E-state index contributed by atoms with van der Waals surface area (Å²) >= 11 is 0. The lowest BCUT2D eigenvalue weighted by Crippen LogP contribution is -2.45. The van der Waals surface area contributed by atoms with Crippen LogP contribution < -0.4 is 4.74 Å². The Kier molecular flexibility index (Phi) is 6.18. The van der Waals surface area contributed by atoms with Crippen molar-refractivity contribution in [3.05, 3.63) is 65.6 Å². The van der Waals surface area contributed by atoms with Gasteiger partial charge in [0, 0.05) is 18.3 Å². The van der Waals surface area contributed by atoms with Crippen molar-refractivity contribution < 1.29 is 19.0 Å². The maximum absolute atomic E-state index is 13.4. The molecule has 1 amide bonds.